The number of carbonyl (C=O) groups is 2. The van der Waals surface area contributed by atoms with Gasteiger partial charge in [-0.2, -0.15) is 4.31 Å². The Balaban J connectivity index is 3.28. The van der Waals surface area contributed by atoms with Gasteiger partial charge in [-0.3, -0.25) is 9.59 Å². The van der Waals surface area contributed by atoms with Crippen LogP contribution < -0.4 is 0 Å². The van der Waals surface area contributed by atoms with Gasteiger partial charge >= 0.3 is 11.9 Å². The molecule has 20 heavy (non-hydrogen) atoms. The van der Waals surface area contributed by atoms with Gasteiger partial charge in [-0.15, -0.1) is 0 Å². The predicted octanol–water partition coefficient (Wildman–Crippen LogP) is 0.463. The Labute approximate surface area is 116 Å². The first-order chi connectivity index (χ1) is 9.14. The van der Waals surface area contributed by atoms with Crippen LogP contribution in [0.4, 0.5) is 0 Å². The molecule has 0 atom stereocenters. The van der Waals surface area contributed by atoms with Crippen molar-refractivity contribution in [2.75, 3.05) is 13.1 Å². The molecule has 0 unspecified atom stereocenters. The van der Waals surface area contributed by atoms with Gasteiger partial charge in [0.15, 0.2) is 0 Å². The first kappa shape index (κ1) is 16.1. The van der Waals surface area contributed by atoms with Crippen molar-refractivity contribution in [2.45, 2.75) is 18.7 Å². The Kier molecular flexibility index (Phi) is 4.85. The van der Waals surface area contributed by atoms with Crippen molar-refractivity contribution in [1.82, 2.24) is 4.31 Å². The fraction of sp³-hybridized carbons (Fsp3) is 0.333. The number of hydrogen-bond acceptors (Lipinski definition) is 4. The van der Waals surface area contributed by atoms with Gasteiger partial charge in [0.2, 0.25) is 10.0 Å². The third kappa shape index (κ3) is 3.78. The number of sulfonamides is 1. The van der Waals surface area contributed by atoms with E-state index < -0.39 is 35.1 Å². The number of aryl methyl sites for hydroxylation is 2. The van der Waals surface area contributed by atoms with Gasteiger partial charge in [-0.1, -0.05) is 17.7 Å². The molecule has 0 aliphatic heterocycles. The predicted molar refractivity (Wildman–Crippen MR) is 69.9 cm³/mol. The molecule has 0 saturated heterocycles. The third-order valence-electron chi connectivity index (χ3n) is 2.57. The van der Waals surface area contributed by atoms with Crippen LogP contribution in [0.25, 0.3) is 0 Å². The highest BCUT2D eigenvalue weighted by Gasteiger charge is 2.29. The fourth-order valence-corrected chi connectivity index (χ4v) is 3.30. The molecule has 0 aromatic heterocycles. The Bertz CT molecular complexity index is 621. The van der Waals surface area contributed by atoms with Gasteiger partial charge < -0.3 is 10.2 Å². The van der Waals surface area contributed by atoms with E-state index in [1.807, 2.05) is 0 Å². The fourth-order valence-electron chi connectivity index (χ4n) is 1.76. The Morgan fingerprint density at radius 1 is 1.10 bits per heavy atom. The minimum atomic E-state index is -4.17. The molecule has 1 aromatic carbocycles. The van der Waals surface area contributed by atoms with Crippen molar-refractivity contribution in [1.29, 1.82) is 0 Å². The van der Waals surface area contributed by atoms with Crippen LogP contribution in [0.5, 0.6) is 0 Å². The van der Waals surface area contributed by atoms with Crippen LogP contribution in [0, 0.1) is 13.8 Å². The zero-order valence-corrected chi connectivity index (χ0v) is 11.8. The number of carboxylic acid groups (broad SMARTS) is 2. The van der Waals surface area contributed by atoms with Gasteiger partial charge in [0.25, 0.3) is 0 Å². The summed E-state index contributed by atoms with van der Waals surface area (Å²) in [6, 6.07) is 4.54. The second kappa shape index (κ2) is 6.02. The first-order valence-electron chi connectivity index (χ1n) is 5.65. The van der Waals surface area contributed by atoms with E-state index in [1.54, 1.807) is 26.0 Å². The van der Waals surface area contributed by atoms with Crippen LogP contribution >= 0.6 is 0 Å². The van der Waals surface area contributed by atoms with Crippen LogP contribution in [0.1, 0.15) is 11.1 Å². The maximum Gasteiger partial charge on any atom is 0.318 e. The highest BCUT2D eigenvalue weighted by atomic mass is 32.2. The highest BCUT2D eigenvalue weighted by Crippen LogP contribution is 2.20. The molecule has 0 spiro atoms. The molecule has 0 bridgehead atoms. The van der Waals surface area contributed by atoms with E-state index in [0.717, 1.165) is 5.56 Å². The van der Waals surface area contributed by atoms with Gasteiger partial charge in [0.05, 0.1) is 4.90 Å². The quantitative estimate of drug-likeness (QED) is 0.789. The molecule has 7 nitrogen and oxygen atoms in total. The summed E-state index contributed by atoms with van der Waals surface area (Å²) >= 11 is 0. The Morgan fingerprint density at radius 3 is 2.00 bits per heavy atom. The van der Waals surface area contributed by atoms with Gasteiger partial charge in [0.1, 0.15) is 13.1 Å². The normalized spacial score (nSPS) is 11.6. The lowest BCUT2D eigenvalue weighted by Gasteiger charge is -2.19. The van der Waals surface area contributed by atoms with E-state index in [4.69, 9.17) is 10.2 Å². The lowest BCUT2D eigenvalue weighted by Crippen LogP contribution is -2.39. The summed E-state index contributed by atoms with van der Waals surface area (Å²) in [6.45, 7) is 1.55. The topological polar surface area (TPSA) is 112 Å². The number of hydrogen-bond donors (Lipinski definition) is 2. The van der Waals surface area contributed by atoms with Crippen LogP contribution in [0.15, 0.2) is 23.1 Å². The van der Waals surface area contributed by atoms with Gasteiger partial charge in [0, 0.05) is 0 Å². The average molecular weight is 301 g/mol. The Hall–Kier alpha value is -1.93. The van der Waals surface area contributed by atoms with E-state index in [0.29, 0.717) is 9.87 Å². The number of aliphatic carboxylic acids is 2. The maximum atomic E-state index is 12.3. The van der Waals surface area contributed by atoms with Crippen molar-refractivity contribution in [3.8, 4) is 0 Å². The number of rotatable bonds is 6. The second-order valence-corrected chi connectivity index (χ2v) is 6.24. The molecule has 0 saturated carbocycles. The van der Waals surface area contributed by atoms with Crippen molar-refractivity contribution in [3.63, 3.8) is 0 Å². The Morgan fingerprint density at radius 2 is 1.60 bits per heavy atom. The molecular weight excluding hydrogens is 286 g/mol. The van der Waals surface area contributed by atoms with E-state index in [1.165, 1.54) is 6.07 Å². The molecule has 0 radical (unpaired) electrons. The monoisotopic (exact) mass is 301 g/mol. The minimum absolute atomic E-state index is 0.0920. The molecule has 1 rings (SSSR count). The van der Waals surface area contributed by atoms with Crippen molar-refractivity contribution >= 4 is 22.0 Å². The van der Waals surface area contributed by atoms with Crippen molar-refractivity contribution < 1.29 is 28.2 Å². The highest BCUT2D eigenvalue weighted by molar-refractivity contribution is 7.89. The molecule has 0 aliphatic rings. The van der Waals surface area contributed by atoms with E-state index >= 15 is 0 Å². The smallest absolute Gasteiger partial charge is 0.318 e. The van der Waals surface area contributed by atoms with E-state index in [-0.39, 0.29) is 4.90 Å². The summed E-state index contributed by atoms with van der Waals surface area (Å²) in [6.07, 6.45) is 0. The minimum Gasteiger partial charge on any atom is -0.480 e. The van der Waals surface area contributed by atoms with E-state index in [2.05, 4.69) is 0 Å². The largest absolute Gasteiger partial charge is 0.480 e. The van der Waals surface area contributed by atoms with Crippen LogP contribution in [0.2, 0.25) is 0 Å². The van der Waals surface area contributed by atoms with Gasteiger partial charge in [-0.25, -0.2) is 8.42 Å². The third-order valence-corrected chi connectivity index (χ3v) is 4.52. The summed E-state index contributed by atoms with van der Waals surface area (Å²) in [5, 5.41) is 17.4. The van der Waals surface area contributed by atoms with E-state index in [9.17, 15) is 18.0 Å². The molecule has 0 aliphatic carbocycles. The molecule has 0 amide bonds. The summed E-state index contributed by atoms with van der Waals surface area (Å²) in [5.41, 5.74) is 1.29. The zero-order valence-electron chi connectivity index (χ0n) is 11.0. The van der Waals surface area contributed by atoms with Crippen LogP contribution in [-0.4, -0.2) is 48.0 Å². The molecule has 0 heterocycles. The molecule has 1 aromatic rings. The molecule has 110 valence electrons. The SMILES string of the molecule is Cc1ccc(S(=O)(=O)N(CC(=O)O)CC(=O)O)c(C)c1. The molecule has 0 fully saturated rings. The van der Waals surface area contributed by atoms with Crippen LogP contribution in [0.3, 0.4) is 0 Å². The molecule has 8 heteroatoms. The molecular formula is C12H15NO6S. The number of carboxylic acids is 2. The number of benzene rings is 1. The van der Waals surface area contributed by atoms with Crippen LogP contribution in [-0.2, 0) is 19.6 Å². The average Bonchev–Trinajstić information content (AvgIpc) is 2.26. The van der Waals surface area contributed by atoms with Crippen molar-refractivity contribution in [3.05, 3.63) is 29.3 Å². The molecule has 2 N–H and O–H groups in total. The number of nitrogens with zero attached hydrogens (tertiary/aromatic N) is 1. The summed E-state index contributed by atoms with van der Waals surface area (Å²) in [5.74, 6) is -2.83. The zero-order chi connectivity index (χ0) is 15.5. The second-order valence-electron chi connectivity index (χ2n) is 4.33. The summed E-state index contributed by atoms with van der Waals surface area (Å²) in [7, 11) is -4.17. The first-order valence-corrected chi connectivity index (χ1v) is 7.09. The van der Waals surface area contributed by atoms with Crippen molar-refractivity contribution in [2.24, 2.45) is 0 Å². The standard InChI is InChI=1S/C12H15NO6S/c1-8-3-4-10(9(2)5-8)20(18,19)13(6-11(14)15)7-12(16)17/h3-5H,6-7H2,1-2H3,(H,14,15)(H,16,17). The summed E-state index contributed by atoms with van der Waals surface area (Å²) < 4.78 is 25.1. The van der Waals surface area contributed by atoms with Gasteiger partial charge in [-0.05, 0) is 25.5 Å². The lowest BCUT2D eigenvalue weighted by atomic mass is 10.2. The summed E-state index contributed by atoms with van der Waals surface area (Å²) in [4.78, 5) is 21.3. The lowest BCUT2D eigenvalue weighted by molar-refractivity contribution is -0.139. The maximum absolute atomic E-state index is 12.3.